The van der Waals surface area contributed by atoms with Crippen molar-refractivity contribution in [3.05, 3.63) is 46.0 Å². The van der Waals surface area contributed by atoms with Gasteiger partial charge in [-0.25, -0.2) is 4.79 Å². The number of nitrogens with one attached hydrogen (secondary N) is 1. The van der Waals surface area contributed by atoms with Crippen molar-refractivity contribution in [1.82, 2.24) is 5.32 Å². The predicted molar refractivity (Wildman–Crippen MR) is 62.5 cm³/mol. The first-order valence-corrected chi connectivity index (χ1v) is 4.87. The van der Waals surface area contributed by atoms with Crippen LogP contribution in [0.3, 0.4) is 0 Å². The molecule has 1 aromatic rings. The fourth-order valence-corrected chi connectivity index (χ4v) is 1.27. The van der Waals surface area contributed by atoms with Gasteiger partial charge in [-0.1, -0.05) is 0 Å². The molecular weight excluding hydrogens is 240 g/mol. The van der Waals surface area contributed by atoms with Crippen LogP contribution in [-0.4, -0.2) is 21.9 Å². The average molecular weight is 250 g/mol. The molecule has 0 heterocycles. The van der Waals surface area contributed by atoms with Gasteiger partial charge in [-0.2, -0.15) is 0 Å². The lowest BCUT2D eigenvalue weighted by Crippen LogP contribution is -2.19. The molecule has 18 heavy (non-hydrogen) atoms. The molecule has 94 valence electrons. The first kappa shape index (κ1) is 13.4. The van der Waals surface area contributed by atoms with Crippen molar-refractivity contribution in [2.45, 2.75) is 6.92 Å². The summed E-state index contributed by atoms with van der Waals surface area (Å²) >= 11 is 0. The summed E-state index contributed by atoms with van der Waals surface area (Å²) in [6.07, 6.45) is 0.822. The molecule has 0 aliphatic carbocycles. The molecule has 7 heteroatoms. The predicted octanol–water partition coefficient (Wildman–Crippen LogP) is 1.16. The molecule has 0 fully saturated rings. The average Bonchev–Trinajstić information content (AvgIpc) is 2.27. The molecule has 1 aromatic carbocycles. The molecule has 0 saturated heterocycles. The van der Waals surface area contributed by atoms with E-state index in [-0.39, 0.29) is 11.4 Å². The normalized spacial score (nSPS) is 10.8. The highest BCUT2D eigenvalue weighted by Crippen LogP contribution is 2.17. The van der Waals surface area contributed by atoms with Crippen LogP contribution in [0, 0.1) is 10.1 Å². The Bertz CT molecular complexity index is 519. The number of hydrogen-bond acceptors (Lipinski definition) is 4. The van der Waals surface area contributed by atoms with Gasteiger partial charge in [0.15, 0.2) is 0 Å². The number of carboxylic acids is 1. The lowest BCUT2D eigenvalue weighted by atomic mass is 10.1. The smallest absolute Gasteiger partial charge is 0.330 e. The molecule has 0 radical (unpaired) electrons. The van der Waals surface area contributed by atoms with Crippen LogP contribution >= 0.6 is 0 Å². The molecule has 0 unspecified atom stereocenters. The van der Waals surface area contributed by atoms with E-state index in [4.69, 9.17) is 5.11 Å². The van der Waals surface area contributed by atoms with Crippen LogP contribution in [0.1, 0.15) is 12.5 Å². The van der Waals surface area contributed by atoms with E-state index in [1.165, 1.54) is 31.2 Å². The molecule has 1 amide bonds. The number of hydrogen-bond donors (Lipinski definition) is 2. The van der Waals surface area contributed by atoms with Gasteiger partial charge in [0.05, 0.1) is 10.6 Å². The number of rotatable bonds is 4. The van der Waals surface area contributed by atoms with Crippen LogP contribution in [-0.2, 0) is 9.59 Å². The molecule has 0 aromatic heterocycles. The molecule has 0 aliphatic heterocycles. The quantitative estimate of drug-likeness (QED) is 0.473. The number of non-ortho nitro benzene ring substituents is 1. The number of benzene rings is 1. The third-order valence-corrected chi connectivity index (χ3v) is 1.97. The number of nitro benzene ring substituents is 1. The highest BCUT2D eigenvalue weighted by Gasteiger charge is 2.09. The Hall–Kier alpha value is -2.70. The lowest BCUT2D eigenvalue weighted by molar-refractivity contribution is -0.384. The summed E-state index contributed by atoms with van der Waals surface area (Å²) in [5.74, 6) is -1.65. The van der Waals surface area contributed by atoms with Crippen LogP contribution in [0.5, 0.6) is 0 Å². The number of carbonyl (C=O) groups is 2. The van der Waals surface area contributed by atoms with Crippen LogP contribution in [0.25, 0.3) is 5.70 Å². The third kappa shape index (κ3) is 3.71. The Kier molecular flexibility index (Phi) is 4.14. The van der Waals surface area contributed by atoms with Crippen LogP contribution in [0.2, 0.25) is 0 Å². The number of amides is 1. The van der Waals surface area contributed by atoms with Gasteiger partial charge >= 0.3 is 5.97 Å². The Morgan fingerprint density at radius 3 is 2.28 bits per heavy atom. The molecular formula is C11H10N2O5. The van der Waals surface area contributed by atoms with Gasteiger partial charge in [0.25, 0.3) is 5.69 Å². The summed E-state index contributed by atoms with van der Waals surface area (Å²) in [5, 5.41) is 21.5. The lowest BCUT2D eigenvalue weighted by Gasteiger charge is -2.07. The van der Waals surface area contributed by atoms with Gasteiger partial charge in [0.1, 0.15) is 0 Å². The highest BCUT2D eigenvalue weighted by atomic mass is 16.6. The van der Waals surface area contributed by atoms with Crippen molar-refractivity contribution < 1.29 is 19.6 Å². The first-order valence-electron chi connectivity index (χ1n) is 4.87. The maximum Gasteiger partial charge on any atom is 0.330 e. The Morgan fingerprint density at radius 2 is 1.89 bits per heavy atom. The van der Waals surface area contributed by atoms with Gasteiger partial charge < -0.3 is 10.4 Å². The maximum absolute atomic E-state index is 10.9. The van der Waals surface area contributed by atoms with Crippen LogP contribution < -0.4 is 5.32 Å². The Labute approximate surface area is 102 Å². The first-order chi connectivity index (χ1) is 8.40. The van der Waals surface area contributed by atoms with E-state index in [2.05, 4.69) is 5.32 Å². The van der Waals surface area contributed by atoms with Gasteiger partial charge in [0.2, 0.25) is 5.91 Å². The fraction of sp³-hybridized carbons (Fsp3) is 0.0909. The summed E-state index contributed by atoms with van der Waals surface area (Å²) in [7, 11) is 0. The summed E-state index contributed by atoms with van der Waals surface area (Å²) in [4.78, 5) is 31.4. The van der Waals surface area contributed by atoms with Crippen molar-refractivity contribution in [2.75, 3.05) is 0 Å². The zero-order chi connectivity index (χ0) is 13.7. The number of nitro groups is 1. The van der Waals surface area contributed by atoms with Gasteiger partial charge in [-0.15, -0.1) is 0 Å². The maximum atomic E-state index is 10.9. The van der Waals surface area contributed by atoms with Crippen molar-refractivity contribution in [1.29, 1.82) is 0 Å². The third-order valence-electron chi connectivity index (χ3n) is 1.97. The largest absolute Gasteiger partial charge is 0.478 e. The SMILES string of the molecule is CC(=O)NC(=CC(=O)O)c1ccc([N+](=O)[O-])cc1. The second-order valence-corrected chi connectivity index (χ2v) is 3.38. The molecule has 0 bridgehead atoms. The molecule has 0 saturated carbocycles. The molecule has 1 rings (SSSR count). The second kappa shape index (κ2) is 5.58. The van der Waals surface area contributed by atoms with Gasteiger partial charge in [0, 0.05) is 25.1 Å². The second-order valence-electron chi connectivity index (χ2n) is 3.38. The number of carbonyl (C=O) groups excluding carboxylic acids is 1. The van der Waals surface area contributed by atoms with E-state index in [1.807, 2.05) is 0 Å². The fourth-order valence-electron chi connectivity index (χ4n) is 1.27. The highest BCUT2D eigenvalue weighted by molar-refractivity contribution is 5.94. The van der Waals surface area contributed by atoms with E-state index < -0.39 is 16.8 Å². The summed E-state index contributed by atoms with van der Waals surface area (Å²) in [5.41, 5.74) is 0.333. The van der Waals surface area contributed by atoms with E-state index in [9.17, 15) is 19.7 Å². The standard InChI is InChI=1S/C11H10N2O5/c1-7(14)12-10(6-11(15)16)8-2-4-9(5-3-8)13(17)18/h2-6H,1H3,(H,12,14)(H,15,16). The number of nitrogens with zero attached hydrogens (tertiary/aromatic N) is 1. The summed E-state index contributed by atoms with van der Waals surface area (Å²) in [6.45, 7) is 1.24. The zero-order valence-electron chi connectivity index (χ0n) is 9.41. The van der Waals surface area contributed by atoms with Crippen molar-refractivity contribution in [3.63, 3.8) is 0 Å². The van der Waals surface area contributed by atoms with Crippen LogP contribution in [0.15, 0.2) is 30.3 Å². The minimum absolute atomic E-state index is 0.0740. The van der Waals surface area contributed by atoms with E-state index in [0.29, 0.717) is 5.56 Å². The monoisotopic (exact) mass is 250 g/mol. The minimum Gasteiger partial charge on any atom is -0.478 e. The molecule has 0 aliphatic rings. The van der Waals surface area contributed by atoms with Crippen molar-refractivity contribution >= 4 is 23.3 Å². The summed E-state index contributed by atoms with van der Waals surface area (Å²) < 4.78 is 0. The minimum atomic E-state index is -1.22. The van der Waals surface area contributed by atoms with E-state index in [1.54, 1.807) is 0 Å². The number of aliphatic carboxylic acids is 1. The molecule has 0 atom stereocenters. The zero-order valence-corrected chi connectivity index (χ0v) is 9.41. The topological polar surface area (TPSA) is 110 Å². The number of carboxylic acid groups (broad SMARTS) is 1. The van der Waals surface area contributed by atoms with Crippen molar-refractivity contribution in [2.24, 2.45) is 0 Å². The molecule has 2 N–H and O–H groups in total. The Morgan fingerprint density at radius 1 is 1.33 bits per heavy atom. The van der Waals surface area contributed by atoms with Crippen molar-refractivity contribution in [3.8, 4) is 0 Å². The van der Waals surface area contributed by atoms with Crippen LogP contribution in [0.4, 0.5) is 5.69 Å². The summed E-state index contributed by atoms with van der Waals surface area (Å²) in [6, 6.07) is 5.19. The molecule has 0 spiro atoms. The molecule has 7 nitrogen and oxygen atoms in total. The van der Waals surface area contributed by atoms with Gasteiger partial charge in [-0.05, 0) is 17.7 Å². The Balaban J connectivity index is 3.10. The van der Waals surface area contributed by atoms with E-state index >= 15 is 0 Å². The van der Waals surface area contributed by atoms with Gasteiger partial charge in [-0.3, -0.25) is 14.9 Å². The van der Waals surface area contributed by atoms with E-state index in [0.717, 1.165) is 6.08 Å².